The van der Waals surface area contributed by atoms with Crippen molar-refractivity contribution in [3.05, 3.63) is 51.7 Å². The van der Waals surface area contributed by atoms with E-state index in [1.165, 1.54) is 16.0 Å². The lowest BCUT2D eigenvalue weighted by Crippen LogP contribution is -2.30. The van der Waals surface area contributed by atoms with Gasteiger partial charge in [-0.25, -0.2) is 0 Å². The smallest absolute Gasteiger partial charge is 0.171 e. The van der Waals surface area contributed by atoms with Crippen LogP contribution in [-0.2, 0) is 0 Å². The Morgan fingerprint density at radius 3 is 2.47 bits per heavy atom. The Morgan fingerprint density at radius 1 is 1.21 bits per heavy atom. The molecule has 1 atom stereocenters. The first-order valence-electron chi connectivity index (χ1n) is 6.24. The van der Waals surface area contributed by atoms with Gasteiger partial charge in [0.15, 0.2) is 5.11 Å². The van der Waals surface area contributed by atoms with Gasteiger partial charge in [0.1, 0.15) is 0 Å². The first-order chi connectivity index (χ1) is 9.04. The van der Waals surface area contributed by atoms with E-state index >= 15 is 0 Å². The Labute approximate surface area is 123 Å². The molecule has 0 spiro atoms. The summed E-state index contributed by atoms with van der Waals surface area (Å²) in [7, 11) is 0. The number of rotatable bonds is 3. The maximum atomic E-state index is 5.36. The van der Waals surface area contributed by atoms with E-state index in [9.17, 15) is 0 Å². The van der Waals surface area contributed by atoms with Gasteiger partial charge in [0, 0.05) is 10.6 Å². The van der Waals surface area contributed by atoms with E-state index in [-0.39, 0.29) is 6.04 Å². The maximum Gasteiger partial charge on any atom is 0.171 e. The molecule has 1 heterocycles. The zero-order chi connectivity index (χ0) is 13.8. The van der Waals surface area contributed by atoms with Gasteiger partial charge in [-0.05, 0) is 67.7 Å². The summed E-state index contributed by atoms with van der Waals surface area (Å²) in [5.41, 5.74) is 3.50. The number of hydrogen-bond acceptors (Lipinski definition) is 2. The number of nitrogens with one attached hydrogen (secondary N) is 2. The molecule has 0 amide bonds. The van der Waals surface area contributed by atoms with Crippen molar-refractivity contribution < 1.29 is 0 Å². The zero-order valence-electron chi connectivity index (χ0n) is 11.4. The summed E-state index contributed by atoms with van der Waals surface area (Å²) in [6.07, 6.45) is 0. The van der Waals surface area contributed by atoms with E-state index < -0.39 is 0 Å². The van der Waals surface area contributed by atoms with Crippen LogP contribution in [0.3, 0.4) is 0 Å². The van der Waals surface area contributed by atoms with Crippen LogP contribution in [0.4, 0.5) is 5.69 Å². The second-order valence-electron chi connectivity index (χ2n) is 4.71. The Balaban J connectivity index is 1.97. The minimum atomic E-state index is 0.228. The molecule has 0 aliphatic heterocycles. The van der Waals surface area contributed by atoms with E-state index in [1.54, 1.807) is 11.3 Å². The Kier molecular flexibility index (Phi) is 4.56. The van der Waals surface area contributed by atoms with Gasteiger partial charge in [-0.2, -0.15) is 0 Å². The molecule has 0 saturated heterocycles. The van der Waals surface area contributed by atoms with E-state index in [1.807, 2.05) is 0 Å². The average Bonchev–Trinajstić information content (AvgIpc) is 2.80. The quantitative estimate of drug-likeness (QED) is 0.819. The van der Waals surface area contributed by atoms with Crippen LogP contribution in [0.1, 0.15) is 29.0 Å². The monoisotopic (exact) mass is 290 g/mol. The van der Waals surface area contributed by atoms with E-state index in [0.717, 1.165) is 5.69 Å². The van der Waals surface area contributed by atoms with Crippen molar-refractivity contribution in [2.45, 2.75) is 26.8 Å². The highest BCUT2D eigenvalue weighted by atomic mass is 32.1. The van der Waals surface area contributed by atoms with Gasteiger partial charge in [0.05, 0.1) is 6.04 Å². The highest BCUT2D eigenvalue weighted by molar-refractivity contribution is 7.80. The Morgan fingerprint density at radius 2 is 1.89 bits per heavy atom. The molecule has 0 fully saturated rings. The molecule has 1 aromatic carbocycles. The standard InChI is InChI=1S/C15H18N2S2/c1-10-7-11(2)9-13(8-10)17-15(18)16-12(3)14-5-4-6-19-14/h4-9,12H,1-3H3,(H2,16,17,18)/t12-/m1/s1. The fourth-order valence-corrected chi connectivity index (χ4v) is 3.05. The van der Waals surface area contributed by atoms with Gasteiger partial charge in [-0.3, -0.25) is 0 Å². The summed E-state index contributed by atoms with van der Waals surface area (Å²) in [6, 6.07) is 10.7. The average molecular weight is 290 g/mol. The summed E-state index contributed by atoms with van der Waals surface area (Å²) in [5.74, 6) is 0. The summed E-state index contributed by atoms with van der Waals surface area (Å²) in [6.45, 7) is 6.28. The summed E-state index contributed by atoms with van der Waals surface area (Å²) in [4.78, 5) is 1.28. The lowest BCUT2D eigenvalue weighted by molar-refractivity contribution is 0.737. The van der Waals surface area contributed by atoms with Crippen molar-refractivity contribution in [3.8, 4) is 0 Å². The number of hydrogen-bond donors (Lipinski definition) is 2. The summed E-state index contributed by atoms with van der Waals surface area (Å²) >= 11 is 7.09. The lowest BCUT2D eigenvalue weighted by Gasteiger charge is -2.16. The van der Waals surface area contributed by atoms with Gasteiger partial charge >= 0.3 is 0 Å². The fourth-order valence-electron chi connectivity index (χ4n) is 2.02. The minimum Gasteiger partial charge on any atom is -0.355 e. The third kappa shape index (κ3) is 4.04. The molecule has 0 saturated carbocycles. The molecule has 0 aliphatic carbocycles. The number of anilines is 1. The van der Waals surface area contributed by atoms with Gasteiger partial charge in [-0.15, -0.1) is 11.3 Å². The summed E-state index contributed by atoms with van der Waals surface area (Å²) < 4.78 is 0. The van der Waals surface area contributed by atoms with Crippen LogP contribution in [0.5, 0.6) is 0 Å². The normalized spacial score (nSPS) is 11.9. The molecule has 0 radical (unpaired) electrons. The Hall–Kier alpha value is -1.39. The largest absolute Gasteiger partial charge is 0.355 e. The highest BCUT2D eigenvalue weighted by Crippen LogP contribution is 2.19. The second kappa shape index (κ2) is 6.17. The molecule has 2 rings (SSSR count). The number of thiocarbonyl (C=S) groups is 1. The molecular formula is C15H18N2S2. The molecule has 0 aliphatic rings. The van der Waals surface area contributed by atoms with Crippen LogP contribution in [0, 0.1) is 13.8 Å². The van der Waals surface area contributed by atoms with Crippen molar-refractivity contribution >= 4 is 34.4 Å². The van der Waals surface area contributed by atoms with Crippen molar-refractivity contribution in [2.75, 3.05) is 5.32 Å². The third-order valence-electron chi connectivity index (χ3n) is 2.80. The molecule has 4 heteroatoms. The van der Waals surface area contributed by atoms with Crippen LogP contribution < -0.4 is 10.6 Å². The predicted octanol–water partition coefficient (Wildman–Crippen LogP) is 4.41. The molecule has 2 N–H and O–H groups in total. The van der Waals surface area contributed by atoms with Crippen molar-refractivity contribution in [1.82, 2.24) is 5.32 Å². The third-order valence-corrected chi connectivity index (χ3v) is 4.07. The zero-order valence-corrected chi connectivity index (χ0v) is 13.0. The molecule has 100 valence electrons. The highest BCUT2D eigenvalue weighted by Gasteiger charge is 2.08. The van der Waals surface area contributed by atoms with Crippen LogP contribution in [0.15, 0.2) is 35.7 Å². The topological polar surface area (TPSA) is 24.1 Å². The van der Waals surface area contributed by atoms with Gasteiger partial charge < -0.3 is 10.6 Å². The summed E-state index contributed by atoms with van der Waals surface area (Å²) in [5, 5.41) is 9.28. The SMILES string of the molecule is Cc1cc(C)cc(NC(=S)N[C@H](C)c2cccs2)c1. The van der Waals surface area contributed by atoms with E-state index in [4.69, 9.17) is 12.2 Å². The Bertz CT molecular complexity index is 541. The van der Waals surface area contributed by atoms with Crippen molar-refractivity contribution in [2.24, 2.45) is 0 Å². The van der Waals surface area contributed by atoms with E-state index in [2.05, 4.69) is 67.1 Å². The van der Waals surface area contributed by atoms with E-state index in [0.29, 0.717) is 5.11 Å². The number of benzene rings is 1. The predicted molar refractivity (Wildman–Crippen MR) is 88.0 cm³/mol. The molecule has 19 heavy (non-hydrogen) atoms. The first-order valence-corrected chi connectivity index (χ1v) is 7.52. The number of aryl methyl sites for hydroxylation is 2. The van der Waals surface area contributed by atoms with Gasteiger partial charge in [0.2, 0.25) is 0 Å². The first kappa shape index (κ1) is 14.0. The molecule has 2 aromatic rings. The maximum absolute atomic E-state index is 5.36. The molecular weight excluding hydrogens is 272 g/mol. The molecule has 2 nitrogen and oxygen atoms in total. The van der Waals surface area contributed by atoms with Crippen molar-refractivity contribution in [1.29, 1.82) is 0 Å². The molecule has 0 bridgehead atoms. The molecule has 1 aromatic heterocycles. The molecule has 0 unspecified atom stereocenters. The lowest BCUT2D eigenvalue weighted by atomic mass is 10.1. The fraction of sp³-hybridized carbons (Fsp3) is 0.267. The van der Waals surface area contributed by atoms with Gasteiger partial charge in [0.25, 0.3) is 0 Å². The van der Waals surface area contributed by atoms with Crippen LogP contribution >= 0.6 is 23.6 Å². The number of thiophene rings is 1. The van der Waals surface area contributed by atoms with Crippen LogP contribution in [-0.4, -0.2) is 5.11 Å². The second-order valence-corrected chi connectivity index (χ2v) is 6.10. The minimum absolute atomic E-state index is 0.228. The van der Waals surface area contributed by atoms with Gasteiger partial charge in [-0.1, -0.05) is 12.1 Å². The van der Waals surface area contributed by atoms with Crippen LogP contribution in [0.2, 0.25) is 0 Å². The van der Waals surface area contributed by atoms with Crippen LogP contribution in [0.25, 0.3) is 0 Å². The van der Waals surface area contributed by atoms with Crippen molar-refractivity contribution in [3.63, 3.8) is 0 Å².